The fourth-order valence-electron chi connectivity index (χ4n) is 3.28. The summed E-state index contributed by atoms with van der Waals surface area (Å²) in [6.07, 6.45) is -3.53. The number of halogens is 6. The number of ether oxygens (including phenoxy) is 3. The second-order valence-electron chi connectivity index (χ2n) is 7.33. The lowest BCUT2D eigenvalue weighted by Crippen LogP contribution is -2.26. The third kappa shape index (κ3) is 4.72. The lowest BCUT2D eigenvalue weighted by atomic mass is 9.97. The molecule has 0 radical (unpaired) electrons. The molecule has 176 valence electrons. The van der Waals surface area contributed by atoms with Crippen LogP contribution in [-0.4, -0.2) is 7.11 Å². The van der Waals surface area contributed by atoms with E-state index in [1.54, 1.807) is 0 Å². The highest BCUT2D eigenvalue weighted by Gasteiger charge is 2.42. The summed E-state index contributed by atoms with van der Waals surface area (Å²) in [7, 11) is 1.14. The molecule has 0 spiro atoms. The fourth-order valence-corrected chi connectivity index (χ4v) is 3.28. The molecule has 0 atom stereocenters. The second kappa shape index (κ2) is 9.25. The minimum Gasteiger partial charge on any atom is -0.494 e. The van der Waals surface area contributed by atoms with Crippen LogP contribution in [-0.2, 0) is 23.7 Å². The standard InChI is InChI=1S/C24H20F6O3/c1-5-6-14-7-8-18(17(25)10-14)33-24(29,30)16-11-15-9-12(2)22(19(26)13(3)31-4)32-23(15)21(28)20(16)27/h7-8,10-11H,2-3,5-6,9H2,1,4H3/b22-19-. The molecule has 0 fully saturated rings. The van der Waals surface area contributed by atoms with Crippen molar-refractivity contribution >= 4 is 0 Å². The molecule has 3 nitrogen and oxygen atoms in total. The van der Waals surface area contributed by atoms with E-state index >= 15 is 0 Å². The van der Waals surface area contributed by atoms with Crippen molar-refractivity contribution in [3.05, 3.63) is 94.5 Å². The number of benzene rings is 2. The van der Waals surface area contributed by atoms with E-state index in [9.17, 15) is 26.3 Å². The van der Waals surface area contributed by atoms with E-state index in [0.29, 0.717) is 24.5 Å². The molecule has 0 unspecified atom stereocenters. The Balaban J connectivity index is 2.00. The summed E-state index contributed by atoms with van der Waals surface area (Å²) < 4.78 is 102. The van der Waals surface area contributed by atoms with Crippen LogP contribution in [0.4, 0.5) is 26.3 Å². The summed E-state index contributed by atoms with van der Waals surface area (Å²) in [5.41, 5.74) is -1.17. The molecule has 1 aliphatic rings. The largest absolute Gasteiger partial charge is 0.494 e. The Bertz CT molecular complexity index is 1150. The van der Waals surface area contributed by atoms with Gasteiger partial charge in [-0.05, 0) is 35.8 Å². The Kier molecular flexibility index (Phi) is 6.81. The van der Waals surface area contributed by atoms with Gasteiger partial charge in [0.2, 0.25) is 11.6 Å². The average molecular weight is 470 g/mol. The van der Waals surface area contributed by atoms with Gasteiger partial charge in [0.1, 0.15) is 5.56 Å². The van der Waals surface area contributed by atoms with Crippen LogP contribution >= 0.6 is 0 Å². The number of rotatable bonds is 7. The molecule has 0 bridgehead atoms. The molecule has 2 aromatic rings. The minimum atomic E-state index is -4.43. The fraction of sp³-hybridized carbons (Fsp3) is 0.250. The van der Waals surface area contributed by atoms with E-state index in [2.05, 4.69) is 22.6 Å². The van der Waals surface area contributed by atoms with Crippen LogP contribution in [0.5, 0.6) is 11.5 Å². The van der Waals surface area contributed by atoms with Gasteiger partial charge in [-0.25, -0.2) is 8.78 Å². The summed E-state index contributed by atoms with van der Waals surface area (Å²) in [5.74, 6) is -8.57. The van der Waals surface area contributed by atoms with Gasteiger partial charge in [0, 0.05) is 12.0 Å². The van der Waals surface area contributed by atoms with Gasteiger partial charge in [0.05, 0.1) is 7.11 Å². The van der Waals surface area contributed by atoms with Crippen molar-refractivity contribution < 1.29 is 40.6 Å². The predicted molar refractivity (Wildman–Crippen MR) is 109 cm³/mol. The van der Waals surface area contributed by atoms with Crippen LogP contribution in [0.1, 0.15) is 30.0 Å². The highest BCUT2D eigenvalue weighted by atomic mass is 19.3. The maximum Gasteiger partial charge on any atom is 0.429 e. The van der Waals surface area contributed by atoms with E-state index < -0.39 is 58.0 Å². The zero-order chi connectivity index (χ0) is 24.5. The molecular weight excluding hydrogens is 450 g/mol. The molecule has 33 heavy (non-hydrogen) atoms. The van der Waals surface area contributed by atoms with Crippen molar-refractivity contribution in [2.75, 3.05) is 7.11 Å². The Morgan fingerprint density at radius 3 is 2.45 bits per heavy atom. The Hall–Kier alpha value is -3.36. The number of methoxy groups -OCH3 is 1. The van der Waals surface area contributed by atoms with E-state index in [4.69, 9.17) is 4.74 Å². The number of fused-ring (bicyclic) bond motifs is 1. The van der Waals surface area contributed by atoms with Crippen LogP contribution in [0.15, 0.2) is 60.3 Å². The Morgan fingerprint density at radius 2 is 1.85 bits per heavy atom. The average Bonchev–Trinajstić information content (AvgIpc) is 2.76. The summed E-state index contributed by atoms with van der Waals surface area (Å²) in [6, 6.07) is 4.04. The second-order valence-corrected chi connectivity index (χ2v) is 7.33. The van der Waals surface area contributed by atoms with Crippen LogP contribution in [0, 0.1) is 17.5 Å². The van der Waals surface area contributed by atoms with Crippen molar-refractivity contribution in [2.24, 2.45) is 0 Å². The lowest BCUT2D eigenvalue weighted by molar-refractivity contribution is -0.189. The molecular formula is C24H20F6O3. The molecule has 0 N–H and O–H groups in total. The number of alkyl halides is 2. The van der Waals surface area contributed by atoms with E-state index in [1.165, 1.54) is 6.07 Å². The first-order chi connectivity index (χ1) is 15.5. The number of hydrogen-bond donors (Lipinski definition) is 0. The Labute approximate surface area is 186 Å². The predicted octanol–water partition coefficient (Wildman–Crippen LogP) is 7.02. The van der Waals surface area contributed by atoms with E-state index in [1.807, 2.05) is 6.92 Å². The zero-order valence-corrected chi connectivity index (χ0v) is 17.8. The van der Waals surface area contributed by atoms with E-state index in [0.717, 1.165) is 19.2 Å². The summed E-state index contributed by atoms with van der Waals surface area (Å²) >= 11 is 0. The molecule has 2 aromatic carbocycles. The van der Waals surface area contributed by atoms with Gasteiger partial charge in [-0.15, -0.1) is 0 Å². The molecule has 1 aliphatic heterocycles. The topological polar surface area (TPSA) is 27.7 Å². The maximum absolute atomic E-state index is 14.8. The molecule has 0 aromatic heterocycles. The molecule has 0 aliphatic carbocycles. The number of allylic oxidation sites excluding steroid dienone is 2. The first kappa shape index (κ1) is 24.3. The van der Waals surface area contributed by atoms with Crippen molar-refractivity contribution in [1.82, 2.24) is 0 Å². The quantitative estimate of drug-likeness (QED) is 0.322. The summed E-state index contributed by atoms with van der Waals surface area (Å²) in [5, 5.41) is 0. The zero-order valence-electron chi connectivity index (χ0n) is 17.8. The highest BCUT2D eigenvalue weighted by Crippen LogP contribution is 2.43. The summed E-state index contributed by atoms with van der Waals surface area (Å²) in [6.45, 7) is 8.74. The van der Waals surface area contributed by atoms with Gasteiger partial charge in [-0.3, -0.25) is 0 Å². The van der Waals surface area contributed by atoms with E-state index in [-0.39, 0.29) is 17.6 Å². The molecule has 1 heterocycles. The van der Waals surface area contributed by atoms with Gasteiger partial charge in [0.25, 0.3) is 0 Å². The van der Waals surface area contributed by atoms with Crippen molar-refractivity contribution in [3.8, 4) is 11.5 Å². The van der Waals surface area contributed by atoms with Gasteiger partial charge in [-0.1, -0.05) is 32.6 Å². The molecule has 9 heteroatoms. The van der Waals surface area contributed by atoms with Crippen molar-refractivity contribution in [3.63, 3.8) is 0 Å². The normalized spacial score (nSPS) is 15.0. The smallest absolute Gasteiger partial charge is 0.429 e. The van der Waals surface area contributed by atoms with Gasteiger partial charge < -0.3 is 14.2 Å². The van der Waals surface area contributed by atoms with Crippen LogP contribution in [0.2, 0.25) is 0 Å². The highest BCUT2D eigenvalue weighted by molar-refractivity contribution is 5.51. The minimum absolute atomic E-state index is 0.0445. The third-order valence-electron chi connectivity index (χ3n) is 4.95. The molecule has 3 rings (SSSR count). The molecule has 0 amide bonds. The van der Waals surface area contributed by atoms with Crippen molar-refractivity contribution in [2.45, 2.75) is 32.3 Å². The third-order valence-corrected chi connectivity index (χ3v) is 4.95. The van der Waals surface area contributed by atoms with Gasteiger partial charge in [-0.2, -0.15) is 17.6 Å². The summed E-state index contributed by atoms with van der Waals surface area (Å²) in [4.78, 5) is 0. The monoisotopic (exact) mass is 470 g/mol. The molecule has 0 saturated heterocycles. The molecule has 0 saturated carbocycles. The lowest BCUT2D eigenvalue weighted by Gasteiger charge is -2.26. The van der Waals surface area contributed by atoms with Gasteiger partial charge in [0.15, 0.2) is 34.7 Å². The van der Waals surface area contributed by atoms with Crippen LogP contribution < -0.4 is 9.47 Å². The van der Waals surface area contributed by atoms with Gasteiger partial charge >= 0.3 is 6.11 Å². The van der Waals surface area contributed by atoms with Crippen LogP contribution in [0.3, 0.4) is 0 Å². The maximum atomic E-state index is 14.8. The van der Waals surface area contributed by atoms with Crippen molar-refractivity contribution in [1.29, 1.82) is 0 Å². The Morgan fingerprint density at radius 1 is 1.15 bits per heavy atom. The number of hydrogen-bond acceptors (Lipinski definition) is 3. The SMILES string of the molecule is C=C(OC)/C(F)=C1/Oc2c(cc(C(F)(F)Oc3ccc(CCC)cc3F)c(F)c2F)CC1=C. The first-order valence-electron chi connectivity index (χ1n) is 9.85. The number of aryl methyl sites for hydroxylation is 1. The first-order valence-corrected chi connectivity index (χ1v) is 9.85. The van der Waals surface area contributed by atoms with Crippen LogP contribution in [0.25, 0.3) is 0 Å².